The molecule has 0 aliphatic carbocycles. The van der Waals surface area contributed by atoms with Gasteiger partial charge in [0, 0.05) is 24.5 Å². The molecule has 0 aliphatic heterocycles. The summed E-state index contributed by atoms with van der Waals surface area (Å²) in [5, 5.41) is 3.30. The number of nitrogens with one attached hydrogen (secondary N) is 1. The van der Waals surface area contributed by atoms with Gasteiger partial charge in [-0.25, -0.2) is 8.42 Å². The van der Waals surface area contributed by atoms with Crippen LogP contribution in [0.2, 0.25) is 10.0 Å². The first kappa shape index (κ1) is 34.0. The second-order valence-corrected chi connectivity index (χ2v) is 13.6. The van der Waals surface area contributed by atoms with Crippen LogP contribution in [0.5, 0.6) is 0 Å². The molecule has 10 heteroatoms. The van der Waals surface area contributed by atoms with Crippen LogP contribution in [0.3, 0.4) is 0 Å². The molecule has 0 saturated heterocycles. The summed E-state index contributed by atoms with van der Waals surface area (Å²) in [6, 6.07) is 27.0. The van der Waals surface area contributed by atoms with E-state index in [0.29, 0.717) is 13.0 Å². The van der Waals surface area contributed by atoms with Gasteiger partial charge in [-0.15, -0.1) is 0 Å². The van der Waals surface area contributed by atoms with Crippen molar-refractivity contribution >= 4 is 50.7 Å². The molecule has 45 heavy (non-hydrogen) atoms. The SMILES string of the molecule is CCCNC(=O)[C@H](Cc1ccccc1)N(Cc1cccc(C)c1)C(=O)CN(c1cc(Cl)ccc1Cl)S(=O)(=O)c1ccc(C)cc1. The zero-order chi connectivity index (χ0) is 32.6. The summed E-state index contributed by atoms with van der Waals surface area (Å²) in [6.45, 7) is 5.65. The Bertz CT molecular complexity index is 1730. The first-order valence-corrected chi connectivity index (χ1v) is 16.9. The Kier molecular flexibility index (Phi) is 11.7. The van der Waals surface area contributed by atoms with Crippen molar-refractivity contribution in [3.63, 3.8) is 0 Å². The maximum atomic E-state index is 14.5. The van der Waals surface area contributed by atoms with Gasteiger partial charge >= 0.3 is 0 Å². The smallest absolute Gasteiger partial charge is 0.264 e. The minimum Gasteiger partial charge on any atom is -0.354 e. The zero-order valence-electron chi connectivity index (χ0n) is 25.5. The summed E-state index contributed by atoms with van der Waals surface area (Å²) >= 11 is 12.8. The van der Waals surface area contributed by atoms with Gasteiger partial charge in [0.25, 0.3) is 10.0 Å². The number of hydrogen-bond acceptors (Lipinski definition) is 4. The monoisotopic (exact) mass is 665 g/mol. The molecule has 2 amide bonds. The molecule has 4 aromatic carbocycles. The van der Waals surface area contributed by atoms with E-state index in [1.807, 2.05) is 75.4 Å². The molecule has 0 aliphatic rings. The number of sulfonamides is 1. The molecule has 0 heterocycles. The van der Waals surface area contributed by atoms with Crippen molar-refractivity contribution < 1.29 is 18.0 Å². The van der Waals surface area contributed by atoms with Gasteiger partial charge in [0.1, 0.15) is 12.6 Å². The standard InChI is InChI=1S/C35H37Cl2N3O4S/c1-4-19-38-35(42)33(21-27-10-6-5-7-11-27)39(23-28-12-8-9-26(3)20-28)34(41)24-40(32-22-29(36)15-18-31(32)37)45(43,44)30-16-13-25(2)14-17-30/h5-18,20,22,33H,4,19,21,23-24H2,1-3H3,(H,38,42)/t33-/m0/s1. The van der Waals surface area contributed by atoms with Gasteiger partial charge in [-0.05, 0) is 61.7 Å². The summed E-state index contributed by atoms with van der Waals surface area (Å²) in [5.74, 6) is -0.897. The number of carbonyl (C=O) groups excluding carboxylic acids is 2. The fourth-order valence-electron chi connectivity index (χ4n) is 4.95. The number of carbonyl (C=O) groups is 2. The lowest BCUT2D eigenvalue weighted by molar-refractivity contribution is -0.140. The average molecular weight is 667 g/mol. The van der Waals surface area contributed by atoms with Crippen LogP contribution in [-0.2, 0) is 32.6 Å². The Hall–Kier alpha value is -3.85. The van der Waals surface area contributed by atoms with Gasteiger partial charge in [0.2, 0.25) is 11.8 Å². The highest BCUT2D eigenvalue weighted by molar-refractivity contribution is 7.92. The lowest BCUT2D eigenvalue weighted by Crippen LogP contribution is -2.53. The lowest BCUT2D eigenvalue weighted by Gasteiger charge is -2.34. The largest absolute Gasteiger partial charge is 0.354 e. The highest BCUT2D eigenvalue weighted by atomic mass is 35.5. The Labute approximate surface area is 275 Å². The minimum atomic E-state index is -4.30. The molecule has 1 atom stereocenters. The van der Waals surface area contributed by atoms with Crippen LogP contribution in [0.1, 0.15) is 35.6 Å². The van der Waals surface area contributed by atoms with Crippen LogP contribution in [0.4, 0.5) is 5.69 Å². The predicted molar refractivity (Wildman–Crippen MR) is 181 cm³/mol. The molecule has 0 radical (unpaired) electrons. The molecular formula is C35H37Cl2N3O4S. The molecular weight excluding hydrogens is 629 g/mol. The number of hydrogen-bond donors (Lipinski definition) is 1. The number of aryl methyl sites for hydroxylation is 2. The zero-order valence-corrected chi connectivity index (χ0v) is 27.9. The number of amides is 2. The molecule has 4 aromatic rings. The van der Waals surface area contributed by atoms with Crippen molar-refractivity contribution in [3.8, 4) is 0 Å². The molecule has 7 nitrogen and oxygen atoms in total. The van der Waals surface area contributed by atoms with Crippen molar-refractivity contribution in [2.24, 2.45) is 0 Å². The van der Waals surface area contributed by atoms with Gasteiger partial charge in [-0.2, -0.15) is 0 Å². The third-order valence-corrected chi connectivity index (χ3v) is 9.65. The number of anilines is 1. The molecule has 0 spiro atoms. The molecule has 1 N–H and O–H groups in total. The molecule has 0 saturated carbocycles. The third-order valence-electron chi connectivity index (χ3n) is 7.32. The average Bonchev–Trinajstić information content (AvgIpc) is 3.02. The lowest BCUT2D eigenvalue weighted by atomic mass is 10.0. The van der Waals surface area contributed by atoms with E-state index in [-0.39, 0.29) is 39.5 Å². The van der Waals surface area contributed by atoms with Crippen LogP contribution in [-0.4, -0.2) is 44.3 Å². The Morgan fingerprint density at radius 2 is 1.51 bits per heavy atom. The van der Waals surface area contributed by atoms with Crippen LogP contribution < -0.4 is 9.62 Å². The Morgan fingerprint density at radius 3 is 2.18 bits per heavy atom. The van der Waals surface area contributed by atoms with Crippen LogP contribution in [0, 0.1) is 13.8 Å². The van der Waals surface area contributed by atoms with Crippen molar-refractivity contribution in [1.82, 2.24) is 10.2 Å². The third kappa shape index (κ3) is 8.87. The van der Waals surface area contributed by atoms with E-state index in [2.05, 4.69) is 5.32 Å². The quantitative estimate of drug-likeness (QED) is 0.167. The summed E-state index contributed by atoms with van der Waals surface area (Å²) in [4.78, 5) is 29.7. The molecule has 0 bridgehead atoms. The maximum absolute atomic E-state index is 14.5. The highest BCUT2D eigenvalue weighted by Crippen LogP contribution is 2.33. The van der Waals surface area contributed by atoms with Crippen molar-refractivity contribution in [2.45, 2.75) is 51.1 Å². The normalized spacial score (nSPS) is 11.9. The first-order chi connectivity index (χ1) is 21.5. The topological polar surface area (TPSA) is 86.8 Å². The van der Waals surface area contributed by atoms with Gasteiger partial charge < -0.3 is 10.2 Å². The summed E-state index contributed by atoms with van der Waals surface area (Å²) in [7, 11) is -4.30. The second-order valence-electron chi connectivity index (χ2n) is 10.9. The van der Waals surface area contributed by atoms with Crippen molar-refractivity contribution in [1.29, 1.82) is 0 Å². The first-order valence-electron chi connectivity index (χ1n) is 14.7. The summed E-state index contributed by atoms with van der Waals surface area (Å²) in [5.41, 5.74) is 3.59. The van der Waals surface area contributed by atoms with Gasteiger partial charge in [0.05, 0.1) is 15.6 Å². The van der Waals surface area contributed by atoms with Gasteiger partial charge in [0.15, 0.2) is 0 Å². The Morgan fingerprint density at radius 1 is 0.822 bits per heavy atom. The van der Waals surface area contributed by atoms with E-state index in [4.69, 9.17) is 23.2 Å². The molecule has 0 fully saturated rings. The molecule has 236 valence electrons. The summed E-state index contributed by atoms with van der Waals surface area (Å²) < 4.78 is 29.3. The molecule has 0 aromatic heterocycles. The number of halogens is 2. The fraction of sp³-hybridized carbons (Fsp3) is 0.257. The van der Waals surface area contributed by atoms with Crippen LogP contribution in [0.15, 0.2) is 102 Å². The van der Waals surface area contributed by atoms with Crippen molar-refractivity contribution in [2.75, 3.05) is 17.4 Å². The molecule has 0 unspecified atom stereocenters. The van der Waals surface area contributed by atoms with Gasteiger partial charge in [-0.1, -0.05) is 108 Å². The number of nitrogens with zero attached hydrogens (tertiary/aromatic N) is 2. The second kappa shape index (κ2) is 15.4. The maximum Gasteiger partial charge on any atom is 0.264 e. The van der Waals surface area contributed by atoms with E-state index >= 15 is 0 Å². The van der Waals surface area contributed by atoms with Gasteiger partial charge in [-0.3, -0.25) is 13.9 Å². The number of rotatable bonds is 13. The summed E-state index contributed by atoms with van der Waals surface area (Å²) in [6.07, 6.45) is 0.946. The fourth-order valence-corrected chi connectivity index (χ4v) is 6.82. The minimum absolute atomic E-state index is 0.0105. The van der Waals surface area contributed by atoms with E-state index in [1.165, 1.54) is 29.2 Å². The van der Waals surface area contributed by atoms with E-state index < -0.39 is 28.5 Å². The predicted octanol–water partition coefficient (Wildman–Crippen LogP) is 6.97. The highest BCUT2D eigenvalue weighted by Gasteiger charge is 2.35. The molecule has 4 rings (SSSR count). The van der Waals surface area contributed by atoms with Crippen LogP contribution in [0.25, 0.3) is 0 Å². The van der Waals surface area contributed by atoms with E-state index in [9.17, 15) is 18.0 Å². The van der Waals surface area contributed by atoms with Crippen molar-refractivity contribution in [3.05, 3.63) is 129 Å². The van der Waals surface area contributed by atoms with Crippen LogP contribution >= 0.6 is 23.2 Å². The van der Waals surface area contributed by atoms with E-state index in [1.54, 1.807) is 18.2 Å². The number of benzene rings is 4. The Balaban J connectivity index is 1.83. The van der Waals surface area contributed by atoms with E-state index in [0.717, 1.165) is 26.6 Å².